The van der Waals surface area contributed by atoms with Gasteiger partial charge in [0.05, 0.1) is 18.7 Å². The number of thiophene rings is 1. The average molecular weight is 402 g/mol. The van der Waals surface area contributed by atoms with Crippen LogP contribution in [0.1, 0.15) is 10.4 Å². The molecule has 2 heterocycles. The predicted octanol–water partition coefficient (Wildman–Crippen LogP) is 4.51. The molecule has 7 heteroatoms. The van der Waals surface area contributed by atoms with Crippen molar-refractivity contribution >= 4 is 60.2 Å². The number of halogens is 2. The van der Waals surface area contributed by atoms with Crippen molar-refractivity contribution in [3.63, 3.8) is 0 Å². The van der Waals surface area contributed by atoms with Crippen LogP contribution in [0.4, 0.5) is 0 Å². The van der Waals surface area contributed by atoms with E-state index in [0.29, 0.717) is 16.9 Å². The zero-order valence-corrected chi connectivity index (χ0v) is 13.3. The number of H-pyrrole nitrogens is 1. The zero-order chi connectivity index (χ0) is 13.6. The molecule has 4 nitrogen and oxygen atoms in total. The number of aromatic amines is 1. The Morgan fingerprint density at radius 1 is 1.37 bits per heavy atom. The third-order valence-electron chi connectivity index (χ3n) is 2.65. The highest BCUT2D eigenvalue weighted by Crippen LogP contribution is 2.38. The van der Waals surface area contributed by atoms with Gasteiger partial charge in [-0.05, 0) is 50.1 Å². The predicted molar refractivity (Wildman–Crippen MR) is 81.8 cm³/mol. The second kappa shape index (κ2) is 4.73. The van der Waals surface area contributed by atoms with Gasteiger partial charge in [0.2, 0.25) is 0 Å². The maximum Gasteiger partial charge on any atom is 0.337 e. The SMILES string of the molecule is O=C(O)c1cccc2[nH]c(-c3cc(Br)sc3Br)nc12. The van der Waals surface area contributed by atoms with Gasteiger partial charge in [-0.1, -0.05) is 6.07 Å². The highest BCUT2D eigenvalue weighted by molar-refractivity contribution is 9.12. The fourth-order valence-electron chi connectivity index (χ4n) is 1.83. The van der Waals surface area contributed by atoms with Crippen LogP contribution < -0.4 is 0 Å². The highest BCUT2D eigenvalue weighted by Gasteiger charge is 2.16. The van der Waals surface area contributed by atoms with Crippen molar-refractivity contribution in [1.29, 1.82) is 0 Å². The van der Waals surface area contributed by atoms with E-state index in [0.717, 1.165) is 13.1 Å². The lowest BCUT2D eigenvalue weighted by atomic mass is 10.2. The number of aromatic nitrogens is 2. The maximum absolute atomic E-state index is 11.2. The summed E-state index contributed by atoms with van der Waals surface area (Å²) in [6.07, 6.45) is 0. The molecule has 1 aromatic carbocycles. The van der Waals surface area contributed by atoms with Gasteiger partial charge in [-0.2, -0.15) is 0 Å². The first kappa shape index (κ1) is 12.8. The number of rotatable bonds is 2. The van der Waals surface area contributed by atoms with Gasteiger partial charge in [-0.15, -0.1) is 11.3 Å². The van der Waals surface area contributed by atoms with Crippen LogP contribution in [-0.4, -0.2) is 21.0 Å². The molecule has 2 N–H and O–H groups in total. The number of hydrogen-bond acceptors (Lipinski definition) is 3. The van der Waals surface area contributed by atoms with Gasteiger partial charge in [0.1, 0.15) is 11.3 Å². The Morgan fingerprint density at radius 2 is 2.16 bits per heavy atom. The third kappa shape index (κ3) is 2.22. The number of hydrogen-bond donors (Lipinski definition) is 2. The number of nitrogens with one attached hydrogen (secondary N) is 1. The molecule has 0 atom stereocenters. The lowest BCUT2D eigenvalue weighted by molar-refractivity contribution is 0.0699. The van der Waals surface area contributed by atoms with E-state index in [4.69, 9.17) is 5.11 Å². The average Bonchev–Trinajstić information content (AvgIpc) is 2.91. The van der Waals surface area contributed by atoms with E-state index in [1.54, 1.807) is 23.5 Å². The van der Waals surface area contributed by atoms with Crippen molar-refractivity contribution in [2.24, 2.45) is 0 Å². The second-order valence-electron chi connectivity index (χ2n) is 3.83. The van der Waals surface area contributed by atoms with Crippen molar-refractivity contribution in [3.8, 4) is 11.4 Å². The molecule has 3 aromatic rings. The number of carboxylic acids is 1. The van der Waals surface area contributed by atoms with Crippen LogP contribution in [-0.2, 0) is 0 Å². The zero-order valence-electron chi connectivity index (χ0n) is 9.28. The molecule has 0 spiro atoms. The summed E-state index contributed by atoms with van der Waals surface area (Å²) in [5.74, 6) is -0.327. The van der Waals surface area contributed by atoms with Crippen molar-refractivity contribution in [2.75, 3.05) is 0 Å². The normalized spacial score (nSPS) is 11.1. The number of imidazole rings is 1. The first-order chi connectivity index (χ1) is 9.06. The van der Waals surface area contributed by atoms with Crippen molar-refractivity contribution in [1.82, 2.24) is 9.97 Å². The first-order valence-electron chi connectivity index (χ1n) is 5.23. The van der Waals surface area contributed by atoms with E-state index in [2.05, 4.69) is 41.8 Å². The van der Waals surface area contributed by atoms with Crippen LogP contribution in [0.25, 0.3) is 22.4 Å². The smallest absolute Gasteiger partial charge is 0.337 e. The van der Waals surface area contributed by atoms with Crippen molar-refractivity contribution in [3.05, 3.63) is 37.4 Å². The lowest BCUT2D eigenvalue weighted by Gasteiger charge is -1.93. The Kier molecular flexibility index (Phi) is 3.20. The third-order valence-corrected chi connectivity index (χ3v) is 4.99. The molecule has 19 heavy (non-hydrogen) atoms. The van der Waals surface area contributed by atoms with Crippen LogP contribution in [0.15, 0.2) is 31.8 Å². The van der Waals surface area contributed by atoms with Gasteiger partial charge in [0, 0.05) is 5.56 Å². The van der Waals surface area contributed by atoms with E-state index in [1.165, 1.54) is 0 Å². The molecule has 0 aliphatic rings. The molecule has 0 saturated heterocycles. The summed E-state index contributed by atoms with van der Waals surface area (Å²) < 4.78 is 1.92. The molecule has 0 saturated carbocycles. The first-order valence-corrected chi connectivity index (χ1v) is 7.64. The summed E-state index contributed by atoms with van der Waals surface area (Å²) in [7, 11) is 0. The monoisotopic (exact) mass is 400 g/mol. The minimum Gasteiger partial charge on any atom is -0.478 e. The number of carboxylic acid groups (broad SMARTS) is 1. The van der Waals surface area contributed by atoms with Crippen LogP contribution in [0.3, 0.4) is 0 Å². The molecule has 0 bridgehead atoms. The van der Waals surface area contributed by atoms with Gasteiger partial charge in [-0.25, -0.2) is 9.78 Å². The highest BCUT2D eigenvalue weighted by atomic mass is 79.9. The van der Waals surface area contributed by atoms with E-state index in [1.807, 2.05) is 12.1 Å². The number of fused-ring (bicyclic) bond motifs is 1. The molecular weight excluding hydrogens is 396 g/mol. The second-order valence-corrected chi connectivity index (χ2v) is 7.58. The van der Waals surface area contributed by atoms with Gasteiger partial charge < -0.3 is 10.1 Å². The van der Waals surface area contributed by atoms with Gasteiger partial charge in [0.15, 0.2) is 0 Å². The Morgan fingerprint density at radius 3 is 2.79 bits per heavy atom. The van der Waals surface area contributed by atoms with Crippen LogP contribution in [0, 0.1) is 0 Å². The van der Waals surface area contributed by atoms with E-state index >= 15 is 0 Å². The maximum atomic E-state index is 11.2. The summed E-state index contributed by atoms with van der Waals surface area (Å²) >= 11 is 8.43. The minimum atomic E-state index is -0.978. The Hall–Kier alpha value is -1.18. The molecule has 0 fully saturated rings. The summed E-state index contributed by atoms with van der Waals surface area (Å²) in [6.45, 7) is 0. The molecule has 96 valence electrons. The molecule has 0 amide bonds. The number of carbonyl (C=O) groups is 1. The van der Waals surface area contributed by atoms with Crippen LogP contribution >= 0.6 is 43.2 Å². The van der Waals surface area contributed by atoms with E-state index < -0.39 is 5.97 Å². The Balaban J connectivity index is 2.25. The Labute approximate surface area is 128 Å². The van der Waals surface area contributed by atoms with Gasteiger partial charge in [-0.3, -0.25) is 0 Å². The molecule has 0 unspecified atom stereocenters. The molecule has 2 aromatic heterocycles. The minimum absolute atomic E-state index is 0.199. The standard InChI is InChI=1S/C12H6Br2N2O2S/c13-8-4-6(10(14)19-8)11-15-7-3-1-2-5(12(17)18)9(7)16-11/h1-4H,(H,15,16)(H,17,18). The molecule has 3 rings (SSSR count). The number of para-hydroxylation sites is 1. The summed E-state index contributed by atoms with van der Waals surface area (Å²) in [5.41, 5.74) is 2.29. The fraction of sp³-hybridized carbons (Fsp3) is 0. The molecular formula is C12H6Br2N2O2S. The summed E-state index contributed by atoms with van der Waals surface area (Å²) in [5, 5.41) is 9.15. The van der Waals surface area contributed by atoms with E-state index in [-0.39, 0.29) is 5.56 Å². The van der Waals surface area contributed by atoms with Crippen molar-refractivity contribution < 1.29 is 9.90 Å². The van der Waals surface area contributed by atoms with Gasteiger partial charge in [0.25, 0.3) is 0 Å². The largest absolute Gasteiger partial charge is 0.478 e. The Bertz CT molecular complexity index is 794. The summed E-state index contributed by atoms with van der Waals surface area (Å²) in [6, 6.07) is 7.00. The number of aromatic carboxylic acids is 1. The van der Waals surface area contributed by atoms with Gasteiger partial charge >= 0.3 is 5.97 Å². The molecule has 0 radical (unpaired) electrons. The molecule has 0 aliphatic carbocycles. The number of benzene rings is 1. The van der Waals surface area contributed by atoms with E-state index in [9.17, 15) is 4.79 Å². The molecule has 0 aliphatic heterocycles. The summed E-state index contributed by atoms with van der Waals surface area (Å²) in [4.78, 5) is 18.7. The lowest BCUT2D eigenvalue weighted by Crippen LogP contribution is -1.96. The van der Waals surface area contributed by atoms with Crippen molar-refractivity contribution in [2.45, 2.75) is 0 Å². The topological polar surface area (TPSA) is 66.0 Å². The quantitative estimate of drug-likeness (QED) is 0.663. The fourth-order valence-corrected chi connectivity index (χ4v) is 4.64. The number of nitrogens with zero attached hydrogens (tertiary/aromatic N) is 1. The van der Waals surface area contributed by atoms with Crippen LogP contribution in [0.5, 0.6) is 0 Å². The van der Waals surface area contributed by atoms with Crippen LogP contribution in [0.2, 0.25) is 0 Å².